The lowest BCUT2D eigenvalue weighted by Crippen LogP contribution is -2.15. The van der Waals surface area contributed by atoms with Crippen molar-refractivity contribution in [2.24, 2.45) is 0 Å². The maximum atomic E-state index is 12.0. The largest absolute Gasteiger partial charge is 0.382 e. The van der Waals surface area contributed by atoms with Crippen LogP contribution in [0.5, 0.6) is 0 Å². The summed E-state index contributed by atoms with van der Waals surface area (Å²) in [5, 5.41) is 0. The fourth-order valence-electron chi connectivity index (χ4n) is 2.32. The third-order valence-corrected chi connectivity index (χ3v) is 5.39. The van der Waals surface area contributed by atoms with Crippen molar-refractivity contribution in [3.63, 3.8) is 0 Å². The molecule has 0 amide bonds. The maximum absolute atomic E-state index is 12.0. The number of hydrogen-bond acceptors (Lipinski definition) is 10. The first kappa shape index (κ1) is 29.9. The van der Waals surface area contributed by atoms with Gasteiger partial charge in [0.15, 0.2) is 0 Å². The second kappa shape index (κ2) is 20.2. The summed E-state index contributed by atoms with van der Waals surface area (Å²) in [6.45, 7) is 7.83. The van der Waals surface area contributed by atoms with Crippen LogP contribution in [0.25, 0.3) is 0 Å². The van der Waals surface area contributed by atoms with Gasteiger partial charge in [0.05, 0.1) is 97.4 Å². The maximum Gasteiger partial charge on any atom is 0.297 e. The summed E-state index contributed by atoms with van der Waals surface area (Å²) >= 11 is 0. The van der Waals surface area contributed by atoms with Gasteiger partial charge in [0.1, 0.15) is 0 Å². The minimum Gasteiger partial charge on any atom is -0.382 e. The molecule has 0 N–H and O–H groups in total. The molecule has 0 bridgehead atoms. The van der Waals surface area contributed by atoms with Crippen molar-refractivity contribution in [3.05, 3.63) is 29.8 Å². The molecule has 1 rings (SSSR count). The Bertz CT molecular complexity index is 666. The van der Waals surface area contributed by atoms with Crippen LogP contribution in [-0.2, 0) is 47.5 Å². The van der Waals surface area contributed by atoms with Gasteiger partial charge in [0, 0.05) is 7.11 Å². The highest BCUT2D eigenvalue weighted by atomic mass is 32.2. The van der Waals surface area contributed by atoms with Crippen LogP contribution in [0.3, 0.4) is 0 Å². The Morgan fingerprint density at radius 3 is 1.24 bits per heavy atom. The van der Waals surface area contributed by atoms with Crippen LogP contribution in [0.2, 0.25) is 0 Å². The van der Waals surface area contributed by atoms with Gasteiger partial charge in [-0.25, -0.2) is 0 Å². The van der Waals surface area contributed by atoms with E-state index >= 15 is 0 Å². The van der Waals surface area contributed by atoms with Crippen LogP contribution in [0, 0.1) is 6.92 Å². The van der Waals surface area contributed by atoms with Crippen molar-refractivity contribution in [2.75, 3.05) is 99.6 Å². The molecule has 192 valence electrons. The van der Waals surface area contributed by atoms with Crippen molar-refractivity contribution in [2.45, 2.75) is 11.8 Å². The zero-order valence-electron chi connectivity index (χ0n) is 19.7. The number of benzene rings is 1. The van der Waals surface area contributed by atoms with Crippen LogP contribution in [-0.4, -0.2) is 108 Å². The lowest BCUT2D eigenvalue weighted by molar-refractivity contribution is -0.0198. The molecular weight excluding hydrogens is 456 g/mol. The molecule has 0 atom stereocenters. The highest BCUT2D eigenvalue weighted by Crippen LogP contribution is 2.12. The van der Waals surface area contributed by atoms with E-state index in [0.717, 1.165) is 5.56 Å². The Labute approximate surface area is 197 Å². The monoisotopic (exact) mass is 494 g/mol. The van der Waals surface area contributed by atoms with Crippen LogP contribution in [0.15, 0.2) is 29.2 Å². The van der Waals surface area contributed by atoms with Crippen molar-refractivity contribution in [1.29, 1.82) is 0 Å². The van der Waals surface area contributed by atoms with Gasteiger partial charge in [-0.1, -0.05) is 17.7 Å². The van der Waals surface area contributed by atoms with Gasteiger partial charge < -0.3 is 33.2 Å². The molecule has 0 aromatic heterocycles. The fraction of sp³-hybridized carbons (Fsp3) is 0.727. The molecule has 0 aliphatic carbocycles. The van der Waals surface area contributed by atoms with Crippen molar-refractivity contribution < 1.29 is 45.8 Å². The minimum atomic E-state index is -3.76. The molecule has 11 heteroatoms. The highest BCUT2D eigenvalue weighted by Gasteiger charge is 2.14. The number of methoxy groups -OCH3 is 1. The highest BCUT2D eigenvalue weighted by molar-refractivity contribution is 7.86. The Morgan fingerprint density at radius 1 is 0.545 bits per heavy atom. The summed E-state index contributed by atoms with van der Waals surface area (Å²) in [6.07, 6.45) is 0. The lowest BCUT2D eigenvalue weighted by Gasteiger charge is -2.08. The molecule has 1 aromatic rings. The van der Waals surface area contributed by atoms with E-state index in [2.05, 4.69) is 0 Å². The SMILES string of the molecule is COCCOCCOCCOCCOCCOCCOCCOS(=O)(=O)c1ccc(C)cc1. The predicted molar refractivity (Wildman–Crippen MR) is 121 cm³/mol. The van der Waals surface area contributed by atoms with E-state index in [4.69, 9.17) is 37.3 Å². The first-order valence-electron chi connectivity index (χ1n) is 11.0. The molecule has 0 spiro atoms. The second-order valence-corrected chi connectivity index (χ2v) is 8.37. The average molecular weight is 495 g/mol. The zero-order valence-corrected chi connectivity index (χ0v) is 20.5. The number of ether oxygens (including phenoxy) is 7. The summed E-state index contributed by atoms with van der Waals surface area (Å²) in [7, 11) is -2.12. The van der Waals surface area contributed by atoms with Crippen molar-refractivity contribution >= 4 is 10.1 Å². The second-order valence-electron chi connectivity index (χ2n) is 6.76. The molecule has 33 heavy (non-hydrogen) atoms. The zero-order chi connectivity index (χ0) is 24.0. The number of rotatable bonds is 23. The molecule has 0 fully saturated rings. The minimum absolute atomic E-state index is 0.0491. The average Bonchev–Trinajstić information content (AvgIpc) is 2.80. The predicted octanol–water partition coefficient (Wildman–Crippen LogP) is 1.45. The summed E-state index contributed by atoms with van der Waals surface area (Å²) < 4.78 is 65.9. The molecular formula is C22H38O10S. The van der Waals surface area contributed by atoms with E-state index in [0.29, 0.717) is 79.3 Å². The Kier molecular flexibility index (Phi) is 18.3. The van der Waals surface area contributed by atoms with Crippen molar-refractivity contribution in [1.82, 2.24) is 0 Å². The molecule has 0 unspecified atom stereocenters. The topological polar surface area (TPSA) is 108 Å². The molecule has 0 radical (unpaired) electrons. The number of aryl methyl sites for hydroxylation is 1. The van der Waals surface area contributed by atoms with Crippen LogP contribution >= 0.6 is 0 Å². The van der Waals surface area contributed by atoms with Crippen LogP contribution < -0.4 is 0 Å². The van der Waals surface area contributed by atoms with E-state index in [9.17, 15) is 8.42 Å². The summed E-state index contributed by atoms with van der Waals surface area (Å²) in [4.78, 5) is 0.134. The summed E-state index contributed by atoms with van der Waals surface area (Å²) in [6, 6.07) is 6.49. The fourth-order valence-corrected chi connectivity index (χ4v) is 3.21. The van der Waals surface area contributed by atoms with E-state index < -0.39 is 10.1 Å². The molecule has 0 saturated heterocycles. The molecule has 1 aromatic carbocycles. The Hall–Kier alpha value is -1.15. The number of hydrogen-bond donors (Lipinski definition) is 0. The molecule has 0 aliphatic heterocycles. The van der Waals surface area contributed by atoms with Crippen LogP contribution in [0.4, 0.5) is 0 Å². The smallest absolute Gasteiger partial charge is 0.297 e. The molecule has 0 aliphatic rings. The van der Waals surface area contributed by atoms with Gasteiger partial charge in [-0.2, -0.15) is 8.42 Å². The van der Waals surface area contributed by atoms with Crippen LogP contribution in [0.1, 0.15) is 5.56 Å². The van der Waals surface area contributed by atoms with Gasteiger partial charge in [-0.15, -0.1) is 0 Å². The summed E-state index contributed by atoms with van der Waals surface area (Å²) in [5.74, 6) is 0. The van der Waals surface area contributed by atoms with Gasteiger partial charge in [-0.05, 0) is 19.1 Å². The standard InChI is InChI=1S/C22H38O10S/c1-21-3-5-22(6-4-21)33(23,24)32-20-19-31-18-17-30-16-15-29-14-13-28-12-11-27-10-9-26-8-7-25-2/h3-6H,7-20H2,1-2H3. The first-order valence-corrected chi connectivity index (χ1v) is 12.4. The third-order valence-electron chi connectivity index (χ3n) is 4.07. The lowest BCUT2D eigenvalue weighted by atomic mass is 10.2. The Balaban J connectivity index is 1.79. The van der Waals surface area contributed by atoms with Gasteiger partial charge in [-0.3, -0.25) is 4.18 Å². The van der Waals surface area contributed by atoms with Crippen molar-refractivity contribution in [3.8, 4) is 0 Å². The molecule has 0 heterocycles. The van der Waals surface area contributed by atoms with E-state index in [1.54, 1.807) is 19.2 Å². The van der Waals surface area contributed by atoms with E-state index in [-0.39, 0.29) is 18.1 Å². The quantitative estimate of drug-likeness (QED) is 0.164. The Morgan fingerprint density at radius 2 is 0.879 bits per heavy atom. The normalized spacial score (nSPS) is 11.8. The van der Waals surface area contributed by atoms with E-state index in [1.165, 1.54) is 12.1 Å². The first-order chi connectivity index (χ1) is 16.1. The molecule has 0 saturated carbocycles. The van der Waals surface area contributed by atoms with Gasteiger partial charge >= 0.3 is 0 Å². The van der Waals surface area contributed by atoms with E-state index in [1.807, 2.05) is 6.92 Å². The molecule has 10 nitrogen and oxygen atoms in total. The summed E-state index contributed by atoms with van der Waals surface area (Å²) in [5.41, 5.74) is 0.980. The third kappa shape index (κ3) is 17.0. The van der Waals surface area contributed by atoms with Gasteiger partial charge in [0.25, 0.3) is 10.1 Å². The van der Waals surface area contributed by atoms with Gasteiger partial charge in [0.2, 0.25) is 0 Å².